The number of anilines is 1. The first-order chi connectivity index (χ1) is 13.9. The lowest BCUT2D eigenvalue weighted by atomic mass is 10.2. The molecule has 0 aliphatic rings. The minimum absolute atomic E-state index is 0.0816. The Morgan fingerprint density at radius 2 is 1.86 bits per heavy atom. The fourth-order valence-corrected chi connectivity index (χ4v) is 4.72. The van der Waals surface area contributed by atoms with Crippen LogP contribution in [0.25, 0.3) is 11.0 Å². The number of amides is 1. The molecule has 0 atom stereocenters. The van der Waals surface area contributed by atoms with Crippen LogP contribution in [0.4, 0.5) is 5.69 Å². The summed E-state index contributed by atoms with van der Waals surface area (Å²) in [7, 11) is -3.53. The number of carbonyl (C=O) groups is 1. The minimum Gasteiger partial charge on any atom is -0.330 e. The molecule has 1 heterocycles. The molecule has 154 valence electrons. The molecule has 0 unspecified atom stereocenters. The number of rotatable bonds is 8. The van der Waals surface area contributed by atoms with Gasteiger partial charge >= 0.3 is 0 Å². The van der Waals surface area contributed by atoms with E-state index in [-0.39, 0.29) is 10.8 Å². The van der Waals surface area contributed by atoms with Gasteiger partial charge in [0.2, 0.25) is 15.9 Å². The van der Waals surface area contributed by atoms with Gasteiger partial charge in [0.25, 0.3) is 0 Å². The highest BCUT2D eigenvalue weighted by Gasteiger charge is 2.22. The quantitative estimate of drug-likeness (QED) is 0.612. The number of hydrogen-bond acceptors (Lipinski definition) is 4. The Hall–Kier alpha value is -2.71. The first kappa shape index (κ1) is 21.0. The second kappa shape index (κ2) is 8.75. The van der Waals surface area contributed by atoms with Crippen LogP contribution in [0.2, 0.25) is 0 Å². The van der Waals surface area contributed by atoms with Crippen LogP contribution in [0, 0.1) is 6.92 Å². The topological polar surface area (TPSA) is 84.3 Å². The Labute approximate surface area is 171 Å². The maximum absolute atomic E-state index is 12.7. The van der Waals surface area contributed by atoms with Crippen LogP contribution < -0.4 is 5.32 Å². The zero-order chi connectivity index (χ0) is 21.0. The molecule has 0 fully saturated rings. The number of sulfonamides is 1. The van der Waals surface area contributed by atoms with E-state index in [0.29, 0.717) is 31.6 Å². The van der Waals surface area contributed by atoms with Crippen molar-refractivity contribution in [2.24, 2.45) is 0 Å². The number of imidazole rings is 1. The number of hydrogen-bond donors (Lipinski definition) is 1. The van der Waals surface area contributed by atoms with E-state index in [2.05, 4.69) is 10.3 Å². The summed E-state index contributed by atoms with van der Waals surface area (Å²) in [5.41, 5.74) is 3.21. The van der Waals surface area contributed by atoms with E-state index in [1.165, 1.54) is 4.31 Å². The van der Waals surface area contributed by atoms with Crippen LogP contribution >= 0.6 is 0 Å². The summed E-state index contributed by atoms with van der Waals surface area (Å²) in [5, 5.41) is 2.92. The molecule has 8 heteroatoms. The van der Waals surface area contributed by atoms with Gasteiger partial charge in [-0.15, -0.1) is 0 Å². The number of para-hydroxylation sites is 1. The zero-order valence-electron chi connectivity index (χ0n) is 16.9. The molecule has 7 nitrogen and oxygen atoms in total. The standard InChI is InChI=1S/C21H26N4O3S/c1-4-25(5-2)29(27,28)17-10-11-20-19(14-17)22-15-24(20)13-12-21(26)23-18-9-7-6-8-16(18)3/h6-11,14-15H,4-5,12-13H2,1-3H3,(H,23,26). The summed E-state index contributed by atoms with van der Waals surface area (Å²) in [6.07, 6.45) is 1.93. The van der Waals surface area contributed by atoms with E-state index in [9.17, 15) is 13.2 Å². The molecular weight excluding hydrogens is 388 g/mol. The van der Waals surface area contributed by atoms with Gasteiger partial charge in [-0.05, 0) is 36.8 Å². The summed E-state index contributed by atoms with van der Waals surface area (Å²) < 4.78 is 28.7. The molecular formula is C21H26N4O3S. The number of nitrogens with one attached hydrogen (secondary N) is 1. The van der Waals surface area contributed by atoms with Crippen molar-refractivity contribution in [1.29, 1.82) is 0 Å². The van der Waals surface area contributed by atoms with Gasteiger partial charge < -0.3 is 9.88 Å². The maximum atomic E-state index is 12.7. The number of fused-ring (bicyclic) bond motifs is 1. The Balaban J connectivity index is 1.73. The molecule has 1 aromatic heterocycles. The van der Waals surface area contributed by atoms with Gasteiger partial charge in [-0.3, -0.25) is 4.79 Å². The highest BCUT2D eigenvalue weighted by atomic mass is 32.2. The normalized spacial score (nSPS) is 11.9. The van der Waals surface area contributed by atoms with E-state index >= 15 is 0 Å². The Bertz CT molecular complexity index is 1120. The van der Waals surface area contributed by atoms with Crippen LogP contribution in [-0.4, -0.2) is 41.3 Å². The molecule has 0 radical (unpaired) electrons. The van der Waals surface area contributed by atoms with Crippen molar-refractivity contribution in [3.05, 3.63) is 54.4 Å². The van der Waals surface area contributed by atoms with Gasteiger partial charge in [0.15, 0.2) is 0 Å². The molecule has 0 saturated carbocycles. The lowest BCUT2D eigenvalue weighted by Gasteiger charge is -2.18. The van der Waals surface area contributed by atoms with Crippen molar-refractivity contribution in [2.75, 3.05) is 18.4 Å². The van der Waals surface area contributed by atoms with Gasteiger partial charge in [-0.25, -0.2) is 13.4 Å². The molecule has 0 bridgehead atoms. The summed E-state index contributed by atoms with van der Waals surface area (Å²) in [4.78, 5) is 16.9. The molecule has 2 aromatic carbocycles. The third-order valence-electron chi connectivity index (χ3n) is 4.93. The summed E-state index contributed by atoms with van der Waals surface area (Å²) >= 11 is 0. The average molecular weight is 415 g/mol. The molecule has 0 saturated heterocycles. The summed E-state index contributed by atoms with van der Waals surface area (Å²) in [6.45, 7) is 6.87. The second-order valence-corrected chi connectivity index (χ2v) is 8.73. The van der Waals surface area contributed by atoms with E-state index in [1.54, 1.807) is 24.5 Å². The lowest BCUT2D eigenvalue weighted by molar-refractivity contribution is -0.116. The number of nitrogens with zero attached hydrogens (tertiary/aromatic N) is 3. The largest absolute Gasteiger partial charge is 0.330 e. The fraction of sp³-hybridized carbons (Fsp3) is 0.333. The van der Waals surface area contributed by atoms with E-state index in [4.69, 9.17) is 0 Å². The molecule has 1 N–H and O–H groups in total. The number of benzene rings is 2. The summed E-state index contributed by atoms with van der Waals surface area (Å²) in [5.74, 6) is -0.0816. The molecule has 0 spiro atoms. The predicted molar refractivity (Wildman–Crippen MR) is 114 cm³/mol. The van der Waals surface area contributed by atoms with Gasteiger partial charge in [-0.2, -0.15) is 4.31 Å². The van der Waals surface area contributed by atoms with Crippen molar-refractivity contribution in [1.82, 2.24) is 13.9 Å². The van der Waals surface area contributed by atoms with Crippen molar-refractivity contribution in [3.63, 3.8) is 0 Å². The maximum Gasteiger partial charge on any atom is 0.243 e. The van der Waals surface area contributed by atoms with Crippen LogP contribution in [0.5, 0.6) is 0 Å². The van der Waals surface area contributed by atoms with Crippen LogP contribution in [0.1, 0.15) is 25.8 Å². The number of aromatic nitrogens is 2. The smallest absolute Gasteiger partial charge is 0.243 e. The zero-order valence-corrected chi connectivity index (χ0v) is 17.7. The molecule has 0 aliphatic heterocycles. The number of carbonyl (C=O) groups excluding carboxylic acids is 1. The highest BCUT2D eigenvalue weighted by Crippen LogP contribution is 2.22. The van der Waals surface area contributed by atoms with Crippen molar-refractivity contribution < 1.29 is 13.2 Å². The predicted octanol–water partition coefficient (Wildman–Crippen LogP) is 3.40. The number of aryl methyl sites for hydroxylation is 2. The third kappa shape index (κ3) is 4.49. The van der Waals surface area contributed by atoms with Gasteiger partial charge in [0, 0.05) is 31.7 Å². The average Bonchev–Trinajstić information content (AvgIpc) is 3.11. The molecule has 3 rings (SSSR count). The highest BCUT2D eigenvalue weighted by molar-refractivity contribution is 7.89. The lowest BCUT2D eigenvalue weighted by Crippen LogP contribution is -2.30. The van der Waals surface area contributed by atoms with Crippen LogP contribution in [-0.2, 0) is 21.4 Å². The van der Waals surface area contributed by atoms with E-state index < -0.39 is 10.0 Å². The molecule has 1 amide bonds. The fourth-order valence-electron chi connectivity index (χ4n) is 3.24. The summed E-state index contributed by atoms with van der Waals surface area (Å²) in [6, 6.07) is 12.6. The van der Waals surface area contributed by atoms with Crippen molar-refractivity contribution in [2.45, 2.75) is 38.6 Å². The van der Waals surface area contributed by atoms with Crippen molar-refractivity contribution >= 4 is 32.7 Å². The van der Waals surface area contributed by atoms with Gasteiger partial charge in [-0.1, -0.05) is 32.0 Å². The second-order valence-electron chi connectivity index (χ2n) is 6.79. The Morgan fingerprint density at radius 3 is 2.55 bits per heavy atom. The van der Waals surface area contributed by atoms with Crippen molar-refractivity contribution in [3.8, 4) is 0 Å². The Kier molecular flexibility index (Phi) is 6.34. The first-order valence-electron chi connectivity index (χ1n) is 9.67. The minimum atomic E-state index is -3.53. The van der Waals surface area contributed by atoms with E-state index in [1.807, 2.05) is 49.6 Å². The van der Waals surface area contributed by atoms with E-state index in [0.717, 1.165) is 16.8 Å². The molecule has 0 aliphatic carbocycles. The SMILES string of the molecule is CCN(CC)S(=O)(=O)c1ccc2c(c1)ncn2CCC(=O)Nc1ccccc1C. The Morgan fingerprint density at radius 1 is 1.14 bits per heavy atom. The molecule has 29 heavy (non-hydrogen) atoms. The first-order valence-corrected chi connectivity index (χ1v) is 11.1. The van der Waals surface area contributed by atoms with Gasteiger partial charge in [0.1, 0.15) is 0 Å². The van der Waals surface area contributed by atoms with Gasteiger partial charge in [0.05, 0.1) is 22.3 Å². The van der Waals surface area contributed by atoms with Crippen LogP contribution in [0.15, 0.2) is 53.7 Å². The van der Waals surface area contributed by atoms with Crippen LogP contribution in [0.3, 0.4) is 0 Å². The third-order valence-corrected chi connectivity index (χ3v) is 6.98. The monoisotopic (exact) mass is 414 g/mol. The molecule has 3 aromatic rings.